The molecule has 0 saturated heterocycles. The van der Waals surface area contributed by atoms with E-state index in [-0.39, 0.29) is 0 Å². The fourth-order valence-electron chi connectivity index (χ4n) is 1.54. The van der Waals surface area contributed by atoms with Crippen molar-refractivity contribution >= 4 is 33.4 Å². The number of rotatable bonds is 3. The SMILES string of the molecule is Cc1ccc(SCc2ccc(Br)cc2)c(N)c1. The summed E-state index contributed by atoms with van der Waals surface area (Å²) >= 11 is 5.21. The van der Waals surface area contributed by atoms with E-state index in [4.69, 9.17) is 5.73 Å². The molecule has 0 radical (unpaired) electrons. The number of benzene rings is 2. The van der Waals surface area contributed by atoms with Gasteiger partial charge in [0.1, 0.15) is 0 Å². The summed E-state index contributed by atoms with van der Waals surface area (Å²) < 4.78 is 1.11. The molecule has 3 heteroatoms. The maximum atomic E-state index is 5.98. The van der Waals surface area contributed by atoms with Crippen LogP contribution in [-0.4, -0.2) is 0 Å². The molecule has 0 saturated carbocycles. The number of nitrogens with two attached hydrogens (primary N) is 1. The van der Waals surface area contributed by atoms with Crippen LogP contribution in [0.4, 0.5) is 5.69 Å². The molecular formula is C14H14BrNS. The quantitative estimate of drug-likeness (QED) is 0.661. The molecule has 2 N–H and O–H groups in total. The Bertz CT molecular complexity index is 508. The molecular weight excluding hydrogens is 294 g/mol. The van der Waals surface area contributed by atoms with Crippen LogP contribution >= 0.6 is 27.7 Å². The summed E-state index contributed by atoms with van der Waals surface area (Å²) in [4.78, 5) is 1.15. The van der Waals surface area contributed by atoms with E-state index in [1.807, 2.05) is 6.07 Å². The topological polar surface area (TPSA) is 26.0 Å². The zero-order chi connectivity index (χ0) is 12.3. The summed E-state index contributed by atoms with van der Waals surface area (Å²) in [6.07, 6.45) is 0. The first-order valence-corrected chi connectivity index (χ1v) is 7.16. The lowest BCUT2D eigenvalue weighted by molar-refractivity contribution is 1.35. The first-order chi connectivity index (χ1) is 8.15. The number of aryl methyl sites for hydroxylation is 1. The summed E-state index contributed by atoms with van der Waals surface area (Å²) in [5.41, 5.74) is 9.36. The highest BCUT2D eigenvalue weighted by Gasteiger charge is 2.01. The molecule has 0 spiro atoms. The second-order valence-corrected chi connectivity index (χ2v) is 5.89. The smallest absolute Gasteiger partial charge is 0.0454 e. The largest absolute Gasteiger partial charge is 0.398 e. The second-order valence-electron chi connectivity index (χ2n) is 3.96. The molecule has 2 rings (SSSR count). The Morgan fingerprint density at radius 3 is 2.47 bits per heavy atom. The lowest BCUT2D eigenvalue weighted by Gasteiger charge is -2.06. The average molecular weight is 308 g/mol. The number of thioether (sulfide) groups is 1. The maximum Gasteiger partial charge on any atom is 0.0454 e. The second kappa shape index (κ2) is 5.61. The fraction of sp³-hybridized carbons (Fsp3) is 0.143. The monoisotopic (exact) mass is 307 g/mol. The van der Waals surface area contributed by atoms with Crippen LogP contribution in [0.2, 0.25) is 0 Å². The van der Waals surface area contributed by atoms with Crippen LogP contribution in [0, 0.1) is 6.92 Å². The molecule has 0 aliphatic heterocycles. The highest BCUT2D eigenvalue weighted by molar-refractivity contribution is 9.10. The standard InChI is InChI=1S/C14H14BrNS/c1-10-2-7-14(13(16)8-10)17-9-11-3-5-12(15)6-4-11/h2-8H,9,16H2,1H3. The van der Waals surface area contributed by atoms with Crippen molar-refractivity contribution in [1.29, 1.82) is 0 Å². The van der Waals surface area contributed by atoms with Crippen molar-refractivity contribution in [3.8, 4) is 0 Å². The van der Waals surface area contributed by atoms with E-state index < -0.39 is 0 Å². The molecule has 0 fully saturated rings. The van der Waals surface area contributed by atoms with Crippen molar-refractivity contribution in [2.75, 3.05) is 5.73 Å². The Balaban J connectivity index is 2.04. The molecule has 17 heavy (non-hydrogen) atoms. The van der Waals surface area contributed by atoms with Crippen molar-refractivity contribution < 1.29 is 0 Å². The van der Waals surface area contributed by atoms with Gasteiger partial charge < -0.3 is 5.73 Å². The van der Waals surface area contributed by atoms with E-state index in [1.165, 1.54) is 11.1 Å². The maximum absolute atomic E-state index is 5.98. The number of nitrogen functional groups attached to an aromatic ring is 1. The summed E-state index contributed by atoms with van der Waals surface area (Å²) in [5.74, 6) is 0.945. The van der Waals surface area contributed by atoms with Gasteiger partial charge in [-0.05, 0) is 42.3 Å². The van der Waals surface area contributed by atoms with Gasteiger partial charge in [-0.15, -0.1) is 11.8 Å². The Labute approximate surface area is 115 Å². The van der Waals surface area contributed by atoms with Crippen LogP contribution in [0.3, 0.4) is 0 Å². The zero-order valence-electron chi connectivity index (χ0n) is 9.61. The van der Waals surface area contributed by atoms with E-state index in [0.717, 1.165) is 20.8 Å². The van der Waals surface area contributed by atoms with Crippen LogP contribution in [-0.2, 0) is 5.75 Å². The van der Waals surface area contributed by atoms with Crippen LogP contribution in [0.15, 0.2) is 51.8 Å². The van der Waals surface area contributed by atoms with E-state index >= 15 is 0 Å². The normalized spacial score (nSPS) is 10.5. The molecule has 0 heterocycles. The average Bonchev–Trinajstić information content (AvgIpc) is 2.30. The van der Waals surface area contributed by atoms with Gasteiger partial charge >= 0.3 is 0 Å². The van der Waals surface area contributed by atoms with E-state index in [0.29, 0.717) is 0 Å². The molecule has 0 unspecified atom stereocenters. The van der Waals surface area contributed by atoms with Gasteiger partial charge in [0.25, 0.3) is 0 Å². The van der Waals surface area contributed by atoms with Gasteiger partial charge in [-0.3, -0.25) is 0 Å². The minimum atomic E-state index is 0.868. The molecule has 2 aromatic rings. The third-order valence-corrected chi connectivity index (χ3v) is 4.16. The molecule has 1 nitrogen and oxygen atoms in total. The van der Waals surface area contributed by atoms with Crippen LogP contribution in [0.5, 0.6) is 0 Å². The third-order valence-electron chi connectivity index (χ3n) is 2.47. The summed E-state index contributed by atoms with van der Waals surface area (Å²) in [5, 5.41) is 0. The molecule has 0 aliphatic rings. The van der Waals surface area contributed by atoms with Gasteiger partial charge in [0.15, 0.2) is 0 Å². The molecule has 0 aromatic heterocycles. The van der Waals surface area contributed by atoms with Crippen LogP contribution in [0.1, 0.15) is 11.1 Å². The molecule has 2 aromatic carbocycles. The third kappa shape index (κ3) is 3.51. The van der Waals surface area contributed by atoms with Gasteiger partial charge in [0, 0.05) is 20.8 Å². The van der Waals surface area contributed by atoms with Gasteiger partial charge in [-0.2, -0.15) is 0 Å². The number of anilines is 1. The van der Waals surface area contributed by atoms with Crippen molar-refractivity contribution in [2.24, 2.45) is 0 Å². The van der Waals surface area contributed by atoms with Crippen molar-refractivity contribution in [3.05, 3.63) is 58.1 Å². The molecule has 88 valence electrons. The van der Waals surface area contributed by atoms with Crippen LogP contribution in [0.25, 0.3) is 0 Å². The van der Waals surface area contributed by atoms with Gasteiger partial charge in [0.2, 0.25) is 0 Å². The van der Waals surface area contributed by atoms with E-state index in [2.05, 4.69) is 59.3 Å². The van der Waals surface area contributed by atoms with Gasteiger partial charge in [-0.25, -0.2) is 0 Å². The number of halogens is 1. The van der Waals surface area contributed by atoms with Crippen molar-refractivity contribution in [1.82, 2.24) is 0 Å². The lowest BCUT2D eigenvalue weighted by atomic mass is 10.2. The Hall–Kier alpha value is -0.930. The predicted octanol–water partition coefficient (Wildman–Crippen LogP) is 4.63. The molecule has 0 amide bonds. The highest BCUT2D eigenvalue weighted by Crippen LogP contribution is 2.29. The Kier molecular flexibility index (Phi) is 4.13. The molecule has 0 bridgehead atoms. The highest BCUT2D eigenvalue weighted by atomic mass is 79.9. The van der Waals surface area contributed by atoms with Crippen LogP contribution < -0.4 is 5.73 Å². The van der Waals surface area contributed by atoms with Gasteiger partial charge in [0.05, 0.1) is 0 Å². The van der Waals surface area contributed by atoms with Gasteiger partial charge in [-0.1, -0.05) is 34.1 Å². The minimum absolute atomic E-state index is 0.868. The van der Waals surface area contributed by atoms with E-state index in [9.17, 15) is 0 Å². The first-order valence-electron chi connectivity index (χ1n) is 5.38. The fourth-order valence-corrected chi connectivity index (χ4v) is 2.71. The summed E-state index contributed by atoms with van der Waals surface area (Å²) in [6.45, 7) is 2.06. The lowest BCUT2D eigenvalue weighted by Crippen LogP contribution is -1.90. The Morgan fingerprint density at radius 2 is 1.82 bits per heavy atom. The number of hydrogen-bond donors (Lipinski definition) is 1. The summed E-state index contributed by atoms with van der Waals surface area (Å²) in [6, 6.07) is 14.6. The zero-order valence-corrected chi connectivity index (χ0v) is 12.0. The van der Waals surface area contributed by atoms with E-state index in [1.54, 1.807) is 11.8 Å². The summed E-state index contributed by atoms with van der Waals surface area (Å²) in [7, 11) is 0. The minimum Gasteiger partial charge on any atom is -0.398 e. The predicted molar refractivity (Wildman–Crippen MR) is 79.3 cm³/mol. The van der Waals surface area contributed by atoms with Crippen molar-refractivity contribution in [3.63, 3.8) is 0 Å². The number of hydrogen-bond acceptors (Lipinski definition) is 2. The molecule has 0 aliphatic carbocycles. The van der Waals surface area contributed by atoms with Crippen molar-refractivity contribution in [2.45, 2.75) is 17.6 Å². The molecule has 0 atom stereocenters. The Morgan fingerprint density at radius 1 is 1.12 bits per heavy atom. The first kappa shape index (κ1) is 12.5.